The zero-order valence-electron chi connectivity index (χ0n) is 15.6. The second kappa shape index (κ2) is 7.63. The molecular formula is C25H23NO. The molecule has 1 aliphatic carbocycles. The van der Waals surface area contributed by atoms with Crippen LogP contribution in [0.25, 0.3) is 17.2 Å². The number of fused-ring (bicyclic) bond motifs is 2. The Balaban J connectivity index is 1.72. The van der Waals surface area contributed by atoms with Crippen LogP contribution in [0.4, 0.5) is 5.69 Å². The number of para-hydroxylation sites is 1. The minimum Gasteiger partial charge on any atom is -0.347 e. The highest BCUT2D eigenvalue weighted by molar-refractivity contribution is 6.30. The number of carbonyl (C=O) groups excluding carboxylic acids is 1. The summed E-state index contributed by atoms with van der Waals surface area (Å²) in [5, 5.41) is 0. The molecule has 0 spiro atoms. The van der Waals surface area contributed by atoms with Crippen molar-refractivity contribution in [2.45, 2.75) is 19.8 Å². The fraction of sp³-hybridized carbons (Fsp3) is 0.160. The highest BCUT2D eigenvalue weighted by Crippen LogP contribution is 2.34. The minimum absolute atomic E-state index is 0.0585. The largest absolute Gasteiger partial charge is 0.347 e. The number of benzene rings is 2. The van der Waals surface area contributed by atoms with Gasteiger partial charge in [0.15, 0.2) is 5.78 Å². The summed E-state index contributed by atoms with van der Waals surface area (Å²) in [6, 6.07) is 16.5. The van der Waals surface area contributed by atoms with E-state index in [-0.39, 0.29) is 5.78 Å². The van der Waals surface area contributed by atoms with Gasteiger partial charge in [-0.05, 0) is 47.4 Å². The quantitative estimate of drug-likeness (QED) is 0.639. The molecule has 4 rings (SSSR count). The Morgan fingerprint density at radius 2 is 1.67 bits per heavy atom. The summed E-state index contributed by atoms with van der Waals surface area (Å²) in [4.78, 5) is 14.7. The molecule has 0 saturated heterocycles. The molecule has 0 bridgehead atoms. The van der Waals surface area contributed by atoms with Gasteiger partial charge in [-0.1, -0.05) is 68.0 Å². The van der Waals surface area contributed by atoms with Gasteiger partial charge in [-0.15, -0.1) is 0 Å². The Bertz CT molecular complexity index is 991. The lowest BCUT2D eigenvalue weighted by Crippen LogP contribution is -2.20. The Morgan fingerprint density at radius 3 is 2.52 bits per heavy atom. The molecule has 0 N–H and O–H groups in total. The maximum Gasteiger partial charge on any atom is 0.186 e. The van der Waals surface area contributed by atoms with E-state index in [1.807, 2.05) is 36.4 Å². The van der Waals surface area contributed by atoms with E-state index in [0.717, 1.165) is 28.8 Å². The van der Waals surface area contributed by atoms with Crippen LogP contribution in [-0.2, 0) is 4.79 Å². The van der Waals surface area contributed by atoms with Gasteiger partial charge in [-0.2, -0.15) is 0 Å². The summed E-state index contributed by atoms with van der Waals surface area (Å²) < 4.78 is 0. The molecular weight excluding hydrogens is 330 g/mol. The molecule has 0 atom stereocenters. The number of hydrogen-bond acceptors (Lipinski definition) is 2. The predicted octanol–water partition coefficient (Wildman–Crippen LogP) is 5.88. The van der Waals surface area contributed by atoms with Gasteiger partial charge in [0.1, 0.15) is 0 Å². The van der Waals surface area contributed by atoms with Crippen LogP contribution < -0.4 is 4.90 Å². The molecule has 2 aromatic rings. The zero-order valence-corrected chi connectivity index (χ0v) is 15.6. The Kier molecular flexibility index (Phi) is 4.88. The van der Waals surface area contributed by atoms with Crippen molar-refractivity contribution in [2.24, 2.45) is 0 Å². The van der Waals surface area contributed by atoms with Crippen LogP contribution in [0.15, 0.2) is 79.0 Å². The molecule has 1 aliphatic heterocycles. The lowest BCUT2D eigenvalue weighted by Gasteiger charge is -2.27. The molecule has 0 amide bonds. The Hall–Kier alpha value is -3.13. The van der Waals surface area contributed by atoms with Crippen LogP contribution in [0.2, 0.25) is 0 Å². The van der Waals surface area contributed by atoms with E-state index in [4.69, 9.17) is 0 Å². The summed E-state index contributed by atoms with van der Waals surface area (Å²) in [5.74, 6) is 0.0585. The van der Waals surface area contributed by atoms with Crippen LogP contribution in [0.5, 0.6) is 0 Å². The first kappa shape index (κ1) is 17.3. The Morgan fingerprint density at radius 1 is 0.889 bits per heavy atom. The smallest absolute Gasteiger partial charge is 0.186 e. The van der Waals surface area contributed by atoms with Gasteiger partial charge in [0, 0.05) is 29.6 Å². The number of ketones is 1. The monoisotopic (exact) mass is 353 g/mol. The van der Waals surface area contributed by atoms with E-state index in [0.29, 0.717) is 0 Å². The molecule has 2 nitrogen and oxygen atoms in total. The molecule has 0 aromatic heterocycles. The first-order valence-corrected chi connectivity index (χ1v) is 9.56. The standard InChI is InChI=1S/C25H23NO/c1-2-3-17-26-18-16-20(22-10-6-7-11-24(22)26)12-14-23-21-9-5-4-8-19(21)13-15-25(23)27/h4-16,18H,2-3,17H2,1H3. The van der Waals surface area contributed by atoms with Crippen molar-refractivity contribution in [3.8, 4) is 0 Å². The van der Waals surface area contributed by atoms with Crippen LogP contribution in [0, 0.1) is 0 Å². The number of anilines is 1. The SMILES string of the molecule is CCCCN1C=CC(=CC=C2C(=O)C=Cc3ccccc32)c2ccccc21. The first-order chi connectivity index (χ1) is 13.3. The maximum atomic E-state index is 12.4. The van der Waals surface area contributed by atoms with Gasteiger partial charge in [0.05, 0.1) is 0 Å². The third-order valence-electron chi connectivity index (χ3n) is 5.07. The normalized spacial score (nSPS) is 18.1. The summed E-state index contributed by atoms with van der Waals surface area (Å²) in [7, 11) is 0. The van der Waals surface area contributed by atoms with Crippen LogP contribution in [0.3, 0.4) is 0 Å². The van der Waals surface area contributed by atoms with E-state index in [1.165, 1.54) is 24.1 Å². The van der Waals surface area contributed by atoms with Crippen molar-refractivity contribution < 1.29 is 4.79 Å². The molecule has 2 aromatic carbocycles. The molecule has 0 unspecified atom stereocenters. The van der Waals surface area contributed by atoms with Crippen molar-refractivity contribution in [3.63, 3.8) is 0 Å². The third-order valence-corrected chi connectivity index (χ3v) is 5.07. The summed E-state index contributed by atoms with van der Waals surface area (Å²) >= 11 is 0. The van der Waals surface area contributed by atoms with Crippen molar-refractivity contribution in [2.75, 3.05) is 11.4 Å². The highest BCUT2D eigenvalue weighted by atomic mass is 16.1. The van der Waals surface area contributed by atoms with E-state index < -0.39 is 0 Å². The van der Waals surface area contributed by atoms with E-state index in [2.05, 4.69) is 54.4 Å². The molecule has 0 radical (unpaired) electrons. The van der Waals surface area contributed by atoms with Crippen LogP contribution >= 0.6 is 0 Å². The molecule has 2 aliphatic rings. The molecule has 1 heterocycles. The van der Waals surface area contributed by atoms with Gasteiger partial charge >= 0.3 is 0 Å². The molecule has 134 valence electrons. The molecule has 0 fully saturated rings. The number of hydrogen-bond donors (Lipinski definition) is 0. The minimum atomic E-state index is 0.0585. The van der Waals surface area contributed by atoms with Gasteiger partial charge in [-0.3, -0.25) is 4.79 Å². The fourth-order valence-corrected chi connectivity index (χ4v) is 3.60. The topological polar surface area (TPSA) is 20.3 Å². The number of nitrogens with zero attached hydrogens (tertiary/aromatic N) is 1. The van der Waals surface area contributed by atoms with Gasteiger partial charge in [0.2, 0.25) is 0 Å². The maximum absolute atomic E-state index is 12.4. The van der Waals surface area contributed by atoms with Gasteiger partial charge in [-0.25, -0.2) is 0 Å². The summed E-state index contributed by atoms with van der Waals surface area (Å²) in [6.45, 7) is 3.24. The third kappa shape index (κ3) is 3.43. The Labute approximate surface area is 160 Å². The van der Waals surface area contributed by atoms with Crippen molar-refractivity contribution in [3.05, 3.63) is 95.7 Å². The van der Waals surface area contributed by atoms with Crippen LogP contribution in [0.1, 0.15) is 36.5 Å². The average Bonchev–Trinajstić information content (AvgIpc) is 2.72. The summed E-state index contributed by atoms with van der Waals surface area (Å²) in [5.41, 5.74) is 6.41. The van der Waals surface area contributed by atoms with E-state index in [1.54, 1.807) is 6.08 Å². The second-order valence-corrected chi connectivity index (χ2v) is 6.87. The lowest BCUT2D eigenvalue weighted by atomic mass is 9.90. The number of carbonyl (C=O) groups is 1. The first-order valence-electron chi connectivity index (χ1n) is 9.56. The second-order valence-electron chi connectivity index (χ2n) is 6.87. The number of unbranched alkanes of at least 4 members (excludes halogenated alkanes) is 1. The molecule has 0 saturated carbocycles. The van der Waals surface area contributed by atoms with Crippen LogP contribution in [-0.4, -0.2) is 12.3 Å². The molecule has 2 heteroatoms. The average molecular weight is 353 g/mol. The van der Waals surface area contributed by atoms with Crippen molar-refractivity contribution >= 4 is 28.7 Å². The van der Waals surface area contributed by atoms with E-state index in [9.17, 15) is 4.79 Å². The molecule has 27 heavy (non-hydrogen) atoms. The zero-order chi connectivity index (χ0) is 18.6. The number of allylic oxidation sites excluding steroid dienone is 6. The van der Waals surface area contributed by atoms with E-state index >= 15 is 0 Å². The highest BCUT2D eigenvalue weighted by Gasteiger charge is 2.17. The predicted molar refractivity (Wildman–Crippen MR) is 114 cm³/mol. The van der Waals surface area contributed by atoms with Gasteiger partial charge in [0.25, 0.3) is 0 Å². The number of rotatable bonds is 4. The lowest BCUT2D eigenvalue weighted by molar-refractivity contribution is -0.109. The van der Waals surface area contributed by atoms with Crippen molar-refractivity contribution in [1.82, 2.24) is 0 Å². The van der Waals surface area contributed by atoms with Gasteiger partial charge < -0.3 is 4.90 Å². The summed E-state index contributed by atoms with van der Waals surface area (Å²) in [6.07, 6.45) is 14.2. The van der Waals surface area contributed by atoms with Crippen molar-refractivity contribution in [1.29, 1.82) is 0 Å². The fourth-order valence-electron chi connectivity index (χ4n) is 3.60.